The van der Waals surface area contributed by atoms with Crippen LogP contribution in [0.4, 0.5) is 4.79 Å². The molecular weight excluding hydrogens is 260 g/mol. The van der Waals surface area contributed by atoms with Crippen molar-refractivity contribution in [2.45, 2.75) is 27.7 Å². The molecule has 0 radical (unpaired) electrons. The van der Waals surface area contributed by atoms with Crippen LogP contribution < -0.4 is 16.6 Å². The Balaban J connectivity index is 3.12. The van der Waals surface area contributed by atoms with E-state index in [2.05, 4.69) is 5.32 Å². The van der Waals surface area contributed by atoms with Gasteiger partial charge in [0.1, 0.15) is 5.58 Å². The van der Waals surface area contributed by atoms with Gasteiger partial charge in [0.05, 0.1) is 5.39 Å². The van der Waals surface area contributed by atoms with Crippen LogP contribution in [0, 0.1) is 27.7 Å². The minimum atomic E-state index is -0.979. The van der Waals surface area contributed by atoms with E-state index in [0.29, 0.717) is 4.57 Å². The van der Waals surface area contributed by atoms with Gasteiger partial charge in [0.2, 0.25) is 0 Å². The van der Waals surface area contributed by atoms with Crippen LogP contribution in [0.15, 0.2) is 14.0 Å². The molecular formula is C14H16N2O4. The normalized spacial score (nSPS) is 10.8. The Morgan fingerprint density at radius 1 is 1.00 bits per heavy atom. The molecule has 106 valence electrons. The van der Waals surface area contributed by atoms with Gasteiger partial charge in [-0.25, -0.2) is 9.59 Å². The second kappa shape index (κ2) is 4.63. The highest BCUT2D eigenvalue weighted by atomic mass is 16.4. The van der Waals surface area contributed by atoms with Gasteiger partial charge in [-0.05, 0) is 49.9 Å². The molecule has 0 saturated heterocycles. The number of nitrogens with zero attached hydrogens (tertiary/aromatic N) is 1. The second-order valence-electron chi connectivity index (χ2n) is 4.77. The lowest BCUT2D eigenvalue weighted by Crippen LogP contribution is -2.42. The lowest BCUT2D eigenvalue weighted by atomic mass is 9.96. The number of hydrogen-bond donors (Lipinski definition) is 1. The highest BCUT2D eigenvalue weighted by Gasteiger charge is 2.20. The summed E-state index contributed by atoms with van der Waals surface area (Å²) >= 11 is 0. The van der Waals surface area contributed by atoms with Crippen LogP contribution >= 0.6 is 0 Å². The number of carbonyl (C=O) groups excluding carboxylic acids is 1. The van der Waals surface area contributed by atoms with Crippen LogP contribution in [-0.4, -0.2) is 17.6 Å². The van der Waals surface area contributed by atoms with Crippen molar-refractivity contribution in [3.8, 4) is 0 Å². The molecule has 0 atom stereocenters. The van der Waals surface area contributed by atoms with E-state index in [0.717, 1.165) is 22.3 Å². The summed E-state index contributed by atoms with van der Waals surface area (Å²) in [7, 11) is 1.34. The summed E-state index contributed by atoms with van der Waals surface area (Å²) in [5, 5.41) is 2.52. The number of rotatable bonds is 0. The lowest BCUT2D eigenvalue weighted by Gasteiger charge is -2.13. The number of nitrogens with one attached hydrogen (secondary N) is 1. The van der Waals surface area contributed by atoms with E-state index in [-0.39, 0.29) is 11.0 Å². The quantitative estimate of drug-likeness (QED) is 0.788. The topological polar surface area (TPSA) is 81.3 Å². The molecule has 0 saturated carbocycles. The van der Waals surface area contributed by atoms with Gasteiger partial charge in [0, 0.05) is 7.05 Å². The molecule has 1 aromatic carbocycles. The zero-order valence-electron chi connectivity index (χ0n) is 12.1. The van der Waals surface area contributed by atoms with Crippen molar-refractivity contribution in [1.29, 1.82) is 0 Å². The molecule has 0 bridgehead atoms. The minimum absolute atomic E-state index is 0.251. The molecule has 6 nitrogen and oxygen atoms in total. The molecule has 0 aliphatic rings. The van der Waals surface area contributed by atoms with Gasteiger partial charge >= 0.3 is 11.8 Å². The summed E-state index contributed by atoms with van der Waals surface area (Å²) in [6, 6.07) is -0.805. The molecule has 1 N–H and O–H groups in total. The fourth-order valence-corrected chi connectivity index (χ4v) is 2.28. The first-order valence-corrected chi connectivity index (χ1v) is 6.19. The van der Waals surface area contributed by atoms with E-state index in [4.69, 9.17) is 4.42 Å². The van der Waals surface area contributed by atoms with Gasteiger partial charge < -0.3 is 9.73 Å². The second-order valence-corrected chi connectivity index (χ2v) is 4.77. The number of carbonyl (C=O) groups is 1. The van der Waals surface area contributed by atoms with Crippen molar-refractivity contribution in [2.75, 3.05) is 7.05 Å². The fraction of sp³-hybridized carbons (Fsp3) is 0.357. The first-order chi connectivity index (χ1) is 9.31. The van der Waals surface area contributed by atoms with Gasteiger partial charge in [-0.2, -0.15) is 4.57 Å². The summed E-state index contributed by atoms with van der Waals surface area (Å²) in [5.74, 6) is -0.979. The smallest absolute Gasteiger partial charge is 0.408 e. The van der Waals surface area contributed by atoms with Crippen molar-refractivity contribution in [2.24, 2.45) is 0 Å². The van der Waals surface area contributed by atoms with E-state index in [9.17, 15) is 14.4 Å². The number of benzene rings is 1. The van der Waals surface area contributed by atoms with E-state index < -0.39 is 17.3 Å². The first-order valence-electron chi connectivity index (χ1n) is 6.19. The molecule has 6 heteroatoms. The molecule has 1 aromatic heterocycles. The summed E-state index contributed by atoms with van der Waals surface area (Å²) < 4.78 is 5.67. The summed E-state index contributed by atoms with van der Waals surface area (Å²) in [6.07, 6.45) is 0. The zero-order valence-corrected chi connectivity index (χ0v) is 12.1. The first kappa shape index (κ1) is 14.0. The van der Waals surface area contributed by atoms with Crippen molar-refractivity contribution in [3.63, 3.8) is 0 Å². The number of hydrogen-bond acceptors (Lipinski definition) is 4. The SMILES string of the molecule is CNC(=O)n1c(=O)oc2c(C)c(C)c(C)c(C)c2c1=O. The number of amides is 1. The third kappa shape index (κ3) is 1.76. The van der Waals surface area contributed by atoms with Crippen LogP contribution in [0.3, 0.4) is 0 Å². The van der Waals surface area contributed by atoms with Gasteiger partial charge in [0.25, 0.3) is 5.56 Å². The predicted octanol–water partition coefficient (Wildman–Crippen LogP) is 1.38. The Hall–Kier alpha value is -2.37. The Morgan fingerprint density at radius 3 is 2.10 bits per heavy atom. The minimum Gasteiger partial charge on any atom is -0.408 e. The van der Waals surface area contributed by atoms with E-state index in [1.807, 2.05) is 13.8 Å². The average molecular weight is 276 g/mol. The third-order valence-electron chi connectivity index (χ3n) is 3.84. The van der Waals surface area contributed by atoms with Crippen LogP contribution in [0.1, 0.15) is 22.3 Å². The zero-order chi connectivity index (χ0) is 15.2. The van der Waals surface area contributed by atoms with Crippen LogP contribution in [0.5, 0.6) is 0 Å². The predicted molar refractivity (Wildman–Crippen MR) is 75.5 cm³/mol. The lowest BCUT2D eigenvalue weighted by molar-refractivity contribution is 0.240. The maximum absolute atomic E-state index is 12.4. The third-order valence-corrected chi connectivity index (χ3v) is 3.84. The van der Waals surface area contributed by atoms with Gasteiger partial charge in [-0.3, -0.25) is 4.79 Å². The summed E-state index contributed by atoms with van der Waals surface area (Å²) in [5.41, 5.74) is 2.97. The number of aromatic nitrogens is 1. The van der Waals surface area contributed by atoms with E-state index in [1.54, 1.807) is 13.8 Å². The monoisotopic (exact) mass is 276 g/mol. The maximum atomic E-state index is 12.4. The molecule has 0 fully saturated rings. The molecule has 1 amide bonds. The Bertz CT molecular complexity index is 843. The van der Waals surface area contributed by atoms with Gasteiger partial charge in [-0.1, -0.05) is 0 Å². The van der Waals surface area contributed by atoms with Crippen LogP contribution in [0.2, 0.25) is 0 Å². The molecule has 0 aliphatic carbocycles. The van der Waals surface area contributed by atoms with Crippen LogP contribution in [0.25, 0.3) is 11.0 Å². The molecule has 0 spiro atoms. The molecule has 0 aliphatic heterocycles. The average Bonchev–Trinajstić information content (AvgIpc) is 2.41. The molecule has 1 heterocycles. The standard InChI is InChI=1S/C14H16N2O4/c1-6-7(2)9(4)11-10(8(6)3)12(17)16(13(18)15-5)14(19)20-11/h1-5H3,(H,15,18). The largest absolute Gasteiger partial charge is 0.430 e. The fourth-order valence-electron chi connectivity index (χ4n) is 2.28. The van der Waals surface area contributed by atoms with E-state index in [1.165, 1.54) is 7.05 Å². The molecule has 20 heavy (non-hydrogen) atoms. The van der Waals surface area contributed by atoms with Crippen molar-refractivity contribution < 1.29 is 9.21 Å². The molecule has 2 aromatic rings. The Kier molecular flexibility index (Phi) is 3.25. The Morgan fingerprint density at radius 2 is 1.55 bits per heavy atom. The maximum Gasteiger partial charge on any atom is 0.430 e. The van der Waals surface area contributed by atoms with Gasteiger partial charge in [0.15, 0.2) is 0 Å². The number of fused-ring (bicyclic) bond motifs is 1. The summed E-state index contributed by atoms with van der Waals surface area (Å²) in [6.45, 7) is 7.36. The van der Waals surface area contributed by atoms with Crippen molar-refractivity contribution in [1.82, 2.24) is 9.88 Å². The van der Waals surface area contributed by atoms with Crippen molar-refractivity contribution in [3.05, 3.63) is 43.2 Å². The molecule has 0 unspecified atom stereocenters. The van der Waals surface area contributed by atoms with E-state index >= 15 is 0 Å². The van der Waals surface area contributed by atoms with Crippen LogP contribution in [-0.2, 0) is 0 Å². The summed E-state index contributed by atoms with van der Waals surface area (Å²) in [4.78, 5) is 35.9. The van der Waals surface area contributed by atoms with Crippen molar-refractivity contribution >= 4 is 17.0 Å². The number of aryl methyl sites for hydroxylation is 2. The molecule has 2 rings (SSSR count). The van der Waals surface area contributed by atoms with Gasteiger partial charge in [-0.15, -0.1) is 0 Å². The highest BCUT2D eigenvalue weighted by molar-refractivity contribution is 5.87. The highest BCUT2D eigenvalue weighted by Crippen LogP contribution is 2.25. The Labute approximate surface area is 115 Å².